The van der Waals surface area contributed by atoms with Crippen molar-refractivity contribution < 1.29 is 9.90 Å². The molecule has 106 valence electrons. The summed E-state index contributed by atoms with van der Waals surface area (Å²) < 4.78 is 0. The number of piperidine rings is 4. The van der Waals surface area contributed by atoms with E-state index in [9.17, 15) is 9.90 Å². The lowest BCUT2D eigenvalue weighted by molar-refractivity contribution is -0.150. The maximum Gasteiger partial charge on any atom is 0.222 e. The third-order valence-electron chi connectivity index (χ3n) is 5.94. The zero-order valence-electron chi connectivity index (χ0n) is 11.5. The normalized spacial score (nSPS) is 46.7. The topological polar surface area (TPSA) is 43.8 Å². The Balaban J connectivity index is 1.58. The predicted octanol–water partition coefficient (Wildman–Crippen LogP) is 0.843. The monoisotopic (exact) mass is 264 g/mol. The van der Waals surface area contributed by atoms with Crippen molar-refractivity contribution in [2.24, 2.45) is 11.8 Å². The van der Waals surface area contributed by atoms with Gasteiger partial charge in [-0.1, -0.05) is 0 Å². The van der Waals surface area contributed by atoms with Gasteiger partial charge in [0.2, 0.25) is 5.91 Å². The van der Waals surface area contributed by atoms with Gasteiger partial charge in [-0.05, 0) is 43.9 Å². The highest BCUT2D eigenvalue weighted by Gasteiger charge is 2.48. The number of amides is 1. The predicted molar refractivity (Wildman–Crippen MR) is 71.6 cm³/mol. The number of hydrogen-bond acceptors (Lipinski definition) is 3. The number of fused-ring (bicyclic) bond motifs is 6. The minimum atomic E-state index is -0.118. The summed E-state index contributed by atoms with van der Waals surface area (Å²) in [5.74, 6) is 1.68. The molecule has 0 aromatic rings. The van der Waals surface area contributed by atoms with Gasteiger partial charge in [-0.2, -0.15) is 0 Å². The molecule has 4 rings (SSSR count). The third kappa shape index (κ3) is 1.91. The van der Waals surface area contributed by atoms with Crippen molar-refractivity contribution in [2.45, 2.75) is 56.7 Å². The molecule has 0 aliphatic carbocycles. The number of carbonyl (C=O) groups excluding carboxylic acids is 1. The van der Waals surface area contributed by atoms with Crippen LogP contribution in [0.25, 0.3) is 0 Å². The van der Waals surface area contributed by atoms with Gasteiger partial charge in [-0.25, -0.2) is 0 Å². The van der Waals surface area contributed by atoms with Crippen LogP contribution in [-0.4, -0.2) is 58.6 Å². The second kappa shape index (κ2) is 4.45. The standard InChI is InChI=1S/C15H24N2O2/c18-12-4-5-16-8-10-6-11(14(16)7-12)9-17-13(10)2-1-3-15(17)19/h10-14,18H,1-9H2/t10-,11-,12-,13-,14+/m1/s1. The van der Waals surface area contributed by atoms with Crippen LogP contribution >= 0.6 is 0 Å². The fourth-order valence-corrected chi connectivity index (χ4v) is 5.07. The molecule has 4 aliphatic heterocycles. The maximum absolute atomic E-state index is 12.1. The van der Waals surface area contributed by atoms with E-state index in [1.54, 1.807) is 0 Å². The van der Waals surface area contributed by atoms with Crippen LogP contribution in [0.15, 0.2) is 0 Å². The average Bonchev–Trinajstić information content (AvgIpc) is 2.41. The summed E-state index contributed by atoms with van der Waals surface area (Å²) in [5, 5.41) is 9.92. The molecule has 4 heteroatoms. The zero-order chi connectivity index (χ0) is 13.0. The molecule has 0 unspecified atom stereocenters. The molecule has 0 aromatic heterocycles. The van der Waals surface area contributed by atoms with Crippen LogP contribution in [0.3, 0.4) is 0 Å². The summed E-state index contributed by atoms with van der Waals surface area (Å²) in [6.45, 7) is 3.16. The van der Waals surface area contributed by atoms with E-state index in [2.05, 4.69) is 9.80 Å². The van der Waals surface area contributed by atoms with Crippen LogP contribution in [0.5, 0.6) is 0 Å². The summed E-state index contributed by atoms with van der Waals surface area (Å²) in [6, 6.07) is 1.04. The lowest BCUT2D eigenvalue weighted by Crippen LogP contribution is -2.65. The lowest BCUT2D eigenvalue weighted by Gasteiger charge is -2.57. The minimum absolute atomic E-state index is 0.118. The molecular weight excluding hydrogens is 240 g/mol. The number of aliphatic hydroxyl groups excluding tert-OH is 1. The van der Waals surface area contributed by atoms with Crippen molar-refractivity contribution >= 4 is 5.91 Å². The fraction of sp³-hybridized carbons (Fsp3) is 0.933. The Labute approximate surface area is 114 Å². The largest absolute Gasteiger partial charge is 0.393 e. The molecule has 4 saturated heterocycles. The minimum Gasteiger partial charge on any atom is -0.393 e. The Morgan fingerprint density at radius 2 is 1.89 bits per heavy atom. The molecular formula is C15H24N2O2. The van der Waals surface area contributed by atoms with Crippen LogP contribution in [0, 0.1) is 11.8 Å². The van der Waals surface area contributed by atoms with E-state index in [4.69, 9.17) is 0 Å². The molecule has 0 saturated carbocycles. The highest BCUT2D eigenvalue weighted by atomic mass is 16.3. The molecule has 1 N–H and O–H groups in total. The Morgan fingerprint density at radius 1 is 1.05 bits per heavy atom. The Bertz CT molecular complexity index is 386. The smallest absolute Gasteiger partial charge is 0.222 e. The van der Waals surface area contributed by atoms with Crippen molar-refractivity contribution in [1.82, 2.24) is 9.80 Å². The van der Waals surface area contributed by atoms with Crippen molar-refractivity contribution in [3.8, 4) is 0 Å². The Hall–Kier alpha value is -0.610. The van der Waals surface area contributed by atoms with Crippen LogP contribution in [-0.2, 0) is 4.79 Å². The van der Waals surface area contributed by atoms with Crippen molar-refractivity contribution in [1.29, 1.82) is 0 Å². The van der Waals surface area contributed by atoms with Gasteiger partial charge in [0.05, 0.1) is 6.10 Å². The highest BCUT2D eigenvalue weighted by molar-refractivity contribution is 5.77. The third-order valence-corrected chi connectivity index (χ3v) is 5.94. The maximum atomic E-state index is 12.1. The lowest BCUT2D eigenvalue weighted by atomic mass is 9.70. The van der Waals surface area contributed by atoms with Gasteiger partial charge in [0.25, 0.3) is 0 Å². The van der Waals surface area contributed by atoms with Crippen LogP contribution in [0.1, 0.15) is 38.5 Å². The second-order valence-corrected chi connectivity index (χ2v) is 7.00. The summed E-state index contributed by atoms with van der Waals surface area (Å²) in [5.41, 5.74) is 0. The molecule has 19 heavy (non-hydrogen) atoms. The molecule has 5 atom stereocenters. The van der Waals surface area contributed by atoms with Gasteiger partial charge < -0.3 is 10.0 Å². The van der Waals surface area contributed by atoms with Gasteiger partial charge in [-0.15, -0.1) is 0 Å². The molecule has 4 heterocycles. The van der Waals surface area contributed by atoms with Crippen molar-refractivity contribution in [3.63, 3.8) is 0 Å². The van der Waals surface area contributed by atoms with Crippen LogP contribution < -0.4 is 0 Å². The average molecular weight is 264 g/mol. The summed E-state index contributed by atoms with van der Waals surface area (Å²) in [7, 11) is 0. The molecule has 1 amide bonds. The number of rotatable bonds is 0. The van der Waals surface area contributed by atoms with Crippen molar-refractivity contribution in [2.75, 3.05) is 19.6 Å². The molecule has 0 radical (unpaired) electrons. The molecule has 4 nitrogen and oxygen atoms in total. The first-order chi connectivity index (χ1) is 9.22. The molecule has 0 aromatic carbocycles. The number of hydrogen-bond donors (Lipinski definition) is 1. The van der Waals surface area contributed by atoms with E-state index in [1.807, 2.05) is 0 Å². The number of nitrogens with zero attached hydrogens (tertiary/aromatic N) is 2. The Morgan fingerprint density at radius 3 is 2.79 bits per heavy atom. The van der Waals surface area contributed by atoms with E-state index in [1.165, 1.54) is 12.8 Å². The van der Waals surface area contributed by atoms with Crippen LogP contribution in [0.4, 0.5) is 0 Å². The van der Waals surface area contributed by atoms with Gasteiger partial charge >= 0.3 is 0 Å². The first kappa shape index (κ1) is 12.2. The Kier molecular flexibility index (Phi) is 2.85. The van der Waals surface area contributed by atoms with E-state index in [0.29, 0.717) is 29.8 Å². The first-order valence-electron chi connectivity index (χ1n) is 7.94. The SMILES string of the molecule is O=C1CCC[C@@H]2[C@@H]3C[C@H](CN12)[C@@H]1C[C@H](O)CCN1C3. The van der Waals surface area contributed by atoms with E-state index < -0.39 is 0 Å². The van der Waals surface area contributed by atoms with E-state index in [0.717, 1.165) is 45.3 Å². The molecule has 4 aliphatic rings. The van der Waals surface area contributed by atoms with E-state index >= 15 is 0 Å². The first-order valence-corrected chi connectivity index (χ1v) is 7.94. The van der Waals surface area contributed by atoms with Gasteiger partial charge in [-0.3, -0.25) is 9.69 Å². The summed E-state index contributed by atoms with van der Waals surface area (Å²) in [4.78, 5) is 17.0. The van der Waals surface area contributed by atoms with Gasteiger partial charge in [0, 0.05) is 38.1 Å². The van der Waals surface area contributed by atoms with Gasteiger partial charge in [0.1, 0.15) is 0 Å². The molecule has 2 bridgehead atoms. The summed E-state index contributed by atoms with van der Waals surface area (Å²) >= 11 is 0. The quantitative estimate of drug-likeness (QED) is 0.705. The zero-order valence-corrected chi connectivity index (χ0v) is 11.5. The molecule has 4 fully saturated rings. The van der Waals surface area contributed by atoms with E-state index in [-0.39, 0.29) is 6.10 Å². The van der Waals surface area contributed by atoms with Crippen molar-refractivity contribution in [3.05, 3.63) is 0 Å². The molecule has 0 spiro atoms. The number of aliphatic hydroxyl groups is 1. The van der Waals surface area contributed by atoms with Crippen LogP contribution in [0.2, 0.25) is 0 Å². The number of carbonyl (C=O) groups is 1. The fourth-order valence-electron chi connectivity index (χ4n) is 5.07. The summed E-state index contributed by atoms with van der Waals surface area (Å²) in [6.07, 6.45) is 6.07. The van der Waals surface area contributed by atoms with Gasteiger partial charge in [0.15, 0.2) is 0 Å². The highest BCUT2D eigenvalue weighted by Crippen LogP contribution is 2.42. The second-order valence-electron chi connectivity index (χ2n) is 7.00.